The zero-order valence-corrected chi connectivity index (χ0v) is 12.3. The first-order valence-corrected chi connectivity index (χ1v) is 7.14. The van der Waals surface area contributed by atoms with E-state index in [9.17, 15) is 18.0 Å². The van der Waals surface area contributed by atoms with Gasteiger partial charge in [0.15, 0.2) is 0 Å². The Morgan fingerprint density at radius 2 is 2.00 bits per heavy atom. The number of alkyl halides is 3. The van der Waals surface area contributed by atoms with E-state index in [2.05, 4.69) is 5.32 Å². The molecule has 7 heteroatoms. The number of methoxy groups -OCH3 is 1. The van der Waals surface area contributed by atoms with Crippen molar-refractivity contribution in [2.24, 2.45) is 0 Å². The van der Waals surface area contributed by atoms with E-state index in [-0.39, 0.29) is 5.56 Å². The van der Waals surface area contributed by atoms with Gasteiger partial charge in [-0.05, 0) is 24.6 Å². The molecule has 0 saturated carbocycles. The maximum Gasteiger partial charge on any atom is 0.416 e. The largest absolute Gasteiger partial charge is 0.468 e. The lowest BCUT2D eigenvalue weighted by Crippen LogP contribution is -2.38. The maximum atomic E-state index is 13.2. The van der Waals surface area contributed by atoms with Gasteiger partial charge in [-0.3, -0.25) is 4.90 Å². The zero-order chi connectivity index (χ0) is 16.2. The van der Waals surface area contributed by atoms with E-state index < -0.39 is 23.8 Å². The van der Waals surface area contributed by atoms with E-state index in [0.29, 0.717) is 19.6 Å². The van der Waals surface area contributed by atoms with Crippen LogP contribution in [0.15, 0.2) is 24.3 Å². The quantitative estimate of drug-likeness (QED) is 0.868. The summed E-state index contributed by atoms with van der Waals surface area (Å²) in [6, 6.07) is 4.15. The van der Waals surface area contributed by atoms with Crippen LogP contribution in [0.1, 0.15) is 23.6 Å². The van der Waals surface area contributed by atoms with E-state index in [1.807, 2.05) is 0 Å². The van der Waals surface area contributed by atoms with Crippen molar-refractivity contribution >= 4 is 5.97 Å². The molecule has 0 aliphatic carbocycles. The lowest BCUT2D eigenvalue weighted by molar-refractivity contribution is -0.149. The molecule has 0 amide bonds. The van der Waals surface area contributed by atoms with Gasteiger partial charge in [-0.15, -0.1) is 0 Å². The molecule has 0 radical (unpaired) electrons. The van der Waals surface area contributed by atoms with E-state index in [1.165, 1.54) is 25.3 Å². The van der Waals surface area contributed by atoms with E-state index in [1.54, 1.807) is 4.90 Å². The fourth-order valence-corrected chi connectivity index (χ4v) is 2.70. The van der Waals surface area contributed by atoms with E-state index in [4.69, 9.17) is 4.74 Å². The van der Waals surface area contributed by atoms with Crippen LogP contribution in [-0.2, 0) is 15.7 Å². The molecule has 0 bridgehead atoms. The van der Waals surface area contributed by atoms with Gasteiger partial charge in [0.25, 0.3) is 0 Å². The van der Waals surface area contributed by atoms with Crippen LogP contribution in [0.2, 0.25) is 0 Å². The van der Waals surface area contributed by atoms with Gasteiger partial charge in [0.05, 0.1) is 12.7 Å². The van der Waals surface area contributed by atoms with Crippen molar-refractivity contribution in [2.45, 2.75) is 18.6 Å². The van der Waals surface area contributed by atoms with Gasteiger partial charge in [-0.25, -0.2) is 4.79 Å². The maximum absolute atomic E-state index is 13.2. The Morgan fingerprint density at radius 1 is 1.27 bits per heavy atom. The fourth-order valence-electron chi connectivity index (χ4n) is 2.70. The third-order valence-corrected chi connectivity index (χ3v) is 3.73. The molecule has 0 aromatic heterocycles. The van der Waals surface area contributed by atoms with Crippen molar-refractivity contribution in [1.82, 2.24) is 10.2 Å². The molecule has 1 aromatic rings. The van der Waals surface area contributed by atoms with Crippen LogP contribution in [-0.4, -0.2) is 44.2 Å². The molecule has 1 fully saturated rings. The summed E-state index contributed by atoms with van der Waals surface area (Å²) in [6.45, 7) is 2.44. The molecule has 1 unspecified atom stereocenters. The molecule has 1 aliphatic rings. The second-order valence-electron chi connectivity index (χ2n) is 5.15. The average molecular weight is 316 g/mol. The summed E-state index contributed by atoms with van der Waals surface area (Å²) in [4.78, 5) is 13.9. The van der Waals surface area contributed by atoms with E-state index >= 15 is 0 Å². The van der Waals surface area contributed by atoms with Crippen LogP contribution in [0, 0.1) is 0 Å². The highest BCUT2D eigenvalue weighted by atomic mass is 19.4. The topological polar surface area (TPSA) is 41.6 Å². The first-order chi connectivity index (χ1) is 10.4. The Morgan fingerprint density at radius 3 is 2.68 bits per heavy atom. The SMILES string of the molecule is COC(=O)C(c1ccccc1C(F)(F)F)N1CCCNCC1. The third-order valence-electron chi connectivity index (χ3n) is 3.73. The number of hydrogen-bond acceptors (Lipinski definition) is 4. The first kappa shape index (κ1) is 16.8. The molecule has 1 heterocycles. The van der Waals surface area contributed by atoms with Crippen LogP contribution in [0.25, 0.3) is 0 Å². The van der Waals surface area contributed by atoms with Gasteiger partial charge < -0.3 is 10.1 Å². The Hall–Kier alpha value is -1.60. The van der Waals surface area contributed by atoms with Gasteiger partial charge in [0, 0.05) is 19.6 Å². The minimum absolute atomic E-state index is 0.0521. The van der Waals surface area contributed by atoms with Gasteiger partial charge in [0.2, 0.25) is 0 Å². The number of esters is 1. The lowest BCUT2D eigenvalue weighted by atomic mass is 9.98. The monoisotopic (exact) mass is 316 g/mol. The van der Waals surface area contributed by atoms with Crippen molar-refractivity contribution in [3.63, 3.8) is 0 Å². The summed E-state index contributed by atoms with van der Waals surface area (Å²) in [6.07, 6.45) is -3.74. The molecule has 1 saturated heterocycles. The summed E-state index contributed by atoms with van der Waals surface area (Å²) in [5.74, 6) is -0.668. The minimum atomic E-state index is -4.51. The van der Waals surface area contributed by atoms with Crippen LogP contribution in [0.5, 0.6) is 0 Å². The predicted molar refractivity (Wildman–Crippen MR) is 75.3 cm³/mol. The van der Waals surface area contributed by atoms with Crippen LogP contribution >= 0.6 is 0 Å². The predicted octanol–water partition coefficient (Wildman–Crippen LogP) is 2.21. The van der Waals surface area contributed by atoms with Crippen LogP contribution in [0.3, 0.4) is 0 Å². The highest BCUT2D eigenvalue weighted by Crippen LogP contribution is 2.36. The zero-order valence-electron chi connectivity index (χ0n) is 12.3. The first-order valence-electron chi connectivity index (χ1n) is 7.14. The third kappa shape index (κ3) is 3.78. The van der Waals surface area contributed by atoms with Crippen molar-refractivity contribution < 1.29 is 22.7 Å². The molecule has 1 N–H and O–H groups in total. The van der Waals surface area contributed by atoms with Crippen molar-refractivity contribution in [3.8, 4) is 0 Å². The number of carbonyl (C=O) groups excluding carboxylic acids is 1. The Kier molecular flexibility index (Phi) is 5.42. The molecule has 1 aromatic carbocycles. The van der Waals surface area contributed by atoms with E-state index in [0.717, 1.165) is 19.0 Å². The number of carbonyl (C=O) groups is 1. The Labute approximate surface area is 127 Å². The smallest absolute Gasteiger partial charge is 0.416 e. The molecule has 1 atom stereocenters. The fraction of sp³-hybridized carbons (Fsp3) is 0.533. The molecule has 0 spiro atoms. The summed E-state index contributed by atoms with van der Waals surface area (Å²) in [5, 5.41) is 3.17. The standard InChI is InChI=1S/C15H19F3N2O2/c1-22-14(21)13(20-9-4-7-19-8-10-20)11-5-2-3-6-12(11)15(16,17)18/h2-3,5-6,13,19H,4,7-10H2,1H3. The Balaban J connectivity index is 2.43. The Bertz CT molecular complexity index is 512. The number of halogens is 3. The number of rotatable bonds is 3. The number of nitrogens with one attached hydrogen (secondary N) is 1. The second kappa shape index (κ2) is 7.11. The molecule has 22 heavy (non-hydrogen) atoms. The molecular formula is C15H19F3N2O2. The van der Waals surface area contributed by atoms with Crippen molar-refractivity contribution in [3.05, 3.63) is 35.4 Å². The number of ether oxygens (including phenoxy) is 1. The van der Waals surface area contributed by atoms with Crippen LogP contribution in [0.4, 0.5) is 13.2 Å². The molecular weight excluding hydrogens is 297 g/mol. The molecule has 4 nitrogen and oxygen atoms in total. The number of hydrogen-bond donors (Lipinski definition) is 1. The number of benzene rings is 1. The van der Waals surface area contributed by atoms with Crippen LogP contribution < -0.4 is 5.32 Å². The van der Waals surface area contributed by atoms with Gasteiger partial charge in [-0.2, -0.15) is 13.2 Å². The molecule has 122 valence electrons. The summed E-state index contributed by atoms with van der Waals surface area (Å²) in [7, 11) is 1.20. The van der Waals surface area contributed by atoms with Gasteiger partial charge in [0.1, 0.15) is 6.04 Å². The minimum Gasteiger partial charge on any atom is -0.468 e. The van der Waals surface area contributed by atoms with Gasteiger partial charge in [-0.1, -0.05) is 18.2 Å². The lowest BCUT2D eigenvalue weighted by Gasteiger charge is -2.30. The number of nitrogens with zero attached hydrogens (tertiary/aromatic N) is 1. The summed E-state index contributed by atoms with van der Waals surface area (Å²) >= 11 is 0. The highest BCUT2D eigenvalue weighted by molar-refractivity contribution is 5.78. The molecule has 2 rings (SSSR count). The van der Waals surface area contributed by atoms with Gasteiger partial charge >= 0.3 is 12.1 Å². The summed E-state index contributed by atoms with van der Waals surface area (Å²) < 4.78 is 44.5. The highest BCUT2D eigenvalue weighted by Gasteiger charge is 2.39. The molecule has 1 aliphatic heterocycles. The van der Waals surface area contributed by atoms with Crippen molar-refractivity contribution in [1.29, 1.82) is 0 Å². The second-order valence-corrected chi connectivity index (χ2v) is 5.15. The normalized spacial score (nSPS) is 18.5. The van der Waals surface area contributed by atoms with Crippen molar-refractivity contribution in [2.75, 3.05) is 33.3 Å². The summed E-state index contributed by atoms with van der Waals surface area (Å²) in [5.41, 5.74) is -0.841. The average Bonchev–Trinajstić information content (AvgIpc) is 2.76.